The number of benzene rings is 2. The van der Waals surface area contributed by atoms with Gasteiger partial charge in [-0.1, -0.05) is 42.5 Å². The van der Waals surface area contributed by atoms with E-state index in [1.807, 2.05) is 47.4 Å². The fraction of sp³-hybridized carbons (Fsp3) is 0.417. The maximum absolute atomic E-state index is 12.7. The molecule has 4 heteroatoms. The van der Waals surface area contributed by atoms with E-state index in [9.17, 15) is 9.59 Å². The second-order valence-electron chi connectivity index (χ2n) is 7.83. The average molecular weight is 377 g/mol. The number of nitrogens with zero attached hydrogens (tertiary/aromatic N) is 1. The summed E-state index contributed by atoms with van der Waals surface area (Å²) < 4.78 is 0. The van der Waals surface area contributed by atoms with Gasteiger partial charge in [-0.15, -0.1) is 0 Å². The number of fused-ring (bicyclic) bond motifs is 2. The number of piperidine rings is 1. The van der Waals surface area contributed by atoms with Crippen LogP contribution < -0.4 is 5.32 Å². The van der Waals surface area contributed by atoms with Gasteiger partial charge in [0, 0.05) is 30.8 Å². The number of nitrogens with one attached hydrogen (secondary N) is 1. The van der Waals surface area contributed by atoms with Crippen molar-refractivity contribution in [3.63, 3.8) is 0 Å². The predicted octanol–water partition coefficient (Wildman–Crippen LogP) is 4.66. The van der Waals surface area contributed by atoms with Crippen molar-refractivity contribution in [3.8, 4) is 0 Å². The van der Waals surface area contributed by atoms with Crippen molar-refractivity contribution in [1.82, 2.24) is 10.2 Å². The number of hydrogen-bond donors (Lipinski definition) is 1. The number of carbonyl (C=O) groups is 2. The molecule has 1 fully saturated rings. The van der Waals surface area contributed by atoms with Gasteiger partial charge in [-0.3, -0.25) is 9.59 Å². The van der Waals surface area contributed by atoms with Crippen LogP contribution in [0.15, 0.2) is 54.2 Å². The second-order valence-corrected chi connectivity index (χ2v) is 7.83. The number of amides is 2. The number of carbonyl (C=O) groups excluding carboxylic acids is 2. The van der Waals surface area contributed by atoms with Gasteiger partial charge >= 0.3 is 0 Å². The summed E-state index contributed by atoms with van der Waals surface area (Å²) in [6, 6.07) is 13.7. The predicted molar refractivity (Wildman–Crippen MR) is 112 cm³/mol. The van der Waals surface area contributed by atoms with Crippen molar-refractivity contribution >= 4 is 22.6 Å². The second kappa shape index (κ2) is 8.59. The lowest BCUT2D eigenvalue weighted by Crippen LogP contribution is -2.39. The average Bonchev–Trinajstić information content (AvgIpc) is 2.75. The van der Waals surface area contributed by atoms with Gasteiger partial charge in [-0.25, -0.2) is 0 Å². The largest absolute Gasteiger partial charge is 0.352 e. The maximum Gasteiger partial charge on any atom is 0.251 e. The normalized spacial score (nSPS) is 19.1. The van der Waals surface area contributed by atoms with Crippen LogP contribution in [0.2, 0.25) is 0 Å². The molecular formula is C24H28N2O2. The van der Waals surface area contributed by atoms with E-state index in [0.29, 0.717) is 30.9 Å². The first-order valence-electron chi connectivity index (χ1n) is 10.5. The Hall–Kier alpha value is -2.62. The smallest absolute Gasteiger partial charge is 0.251 e. The van der Waals surface area contributed by atoms with Crippen molar-refractivity contribution in [2.24, 2.45) is 5.92 Å². The summed E-state index contributed by atoms with van der Waals surface area (Å²) in [5, 5.41) is 5.00. The molecule has 1 N–H and O–H groups in total. The van der Waals surface area contributed by atoms with E-state index in [1.165, 1.54) is 25.0 Å². The molecule has 0 bridgehead atoms. The molecule has 4 rings (SSSR count). The van der Waals surface area contributed by atoms with Crippen LogP contribution in [0.3, 0.4) is 0 Å². The first-order chi connectivity index (χ1) is 13.7. The zero-order valence-corrected chi connectivity index (χ0v) is 16.3. The molecule has 2 aliphatic rings. The van der Waals surface area contributed by atoms with Crippen LogP contribution in [0.5, 0.6) is 0 Å². The first kappa shape index (κ1) is 18.7. The van der Waals surface area contributed by atoms with E-state index in [-0.39, 0.29) is 11.8 Å². The van der Waals surface area contributed by atoms with Crippen LogP contribution in [-0.4, -0.2) is 29.8 Å². The molecule has 28 heavy (non-hydrogen) atoms. The summed E-state index contributed by atoms with van der Waals surface area (Å²) in [5.41, 5.74) is 1.96. The third kappa shape index (κ3) is 3.96. The highest BCUT2D eigenvalue weighted by atomic mass is 16.2. The lowest BCUT2D eigenvalue weighted by molar-refractivity contribution is -0.130. The maximum atomic E-state index is 12.7. The Bertz CT molecular complexity index is 897. The highest BCUT2D eigenvalue weighted by Crippen LogP contribution is 2.35. The molecular weight excluding hydrogens is 348 g/mol. The third-order valence-corrected chi connectivity index (χ3v) is 5.96. The molecule has 0 radical (unpaired) electrons. The molecule has 1 saturated heterocycles. The molecule has 1 aliphatic heterocycles. The van der Waals surface area contributed by atoms with Gasteiger partial charge in [0.15, 0.2) is 0 Å². The minimum atomic E-state index is -0.0720. The van der Waals surface area contributed by atoms with E-state index in [2.05, 4.69) is 11.4 Å². The molecule has 2 aromatic rings. The quantitative estimate of drug-likeness (QED) is 0.772. The van der Waals surface area contributed by atoms with Crippen molar-refractivity contribution < 1.29 is 9.59 Å². The Morgan fingerprint density at radius 2 is 1.86 bits per heavy atom. The Labute approximate surface area is 166 Å². The molecule has 0 saturated carbocycles. The van der Waals surface area contributed by atoms with Crippen LogP contribution in [0, 0.1) is 5.92 Å². The molecule has 2 aromatic carbocycles. The molecule has 0 aromatic heterocycles. The lowest BCUT2D eigenvalue weighted by atomic mass is 9.85. The summed E-state index contributed by atoms with van der Waals surface area (Å²) in [6.07, 6.45) is 9.31. The molecule has 1 atom stereocenters. The highest BCUT2D eigenvalue weighted by molar-refractivity contribution is 6.07. The minimum Gasteiger partial charge on any atom is -0.352 e. The number of allylic oxidation sites excluding steroid dienone is 2. The van der Waals surface area contributed by atoms with E-state index >= 15 is 0 Å². The van der Waals surface area contributed by atoms with Crippen LogP contribution in [0.25, 0.3) is 10.8 Å². The summed E-state index contributed by atoms with van der Waals surface area (Å²) in [7, 11) is 0. The number of likely N-dealkylation sites (tertiary alicyclic amines) is 1. The van der Waals surface area contributed by atoms with Gasteiger partial charge in [0.2, 0.25) is 5.91 Å². The van der Waals surface area contributed by atoms with Gasteiger partial charge in [-0.05, 0) is 61.3 Å². The third-order valence-electron chi connectivity index (χ3n) is 5.96. The Morgan fingerprint density at radius 3 is 2.79 bits per heavy atom. The minimum absolute atomic E-state index is 0.0720. The fourth-order valence-corrected chi connectivity index (χ4v) is 4.54. The lowest BCUT2D eigenvalue weighted by Gasteiger charge is -2.38. The van der Waals surface area contributed by atoms with E-state index in [4.69, 9.17) is 0 Å². The van der Waals surface area contributed by atoms with Gasteiger partial charge in [0.1, 0.15) is 0 Å². The monoisotopic (exact) mass is 376 g/mol. The van der Waals surface area contributed by atoms with Gasteiger partial charge in [-0.2, -0.15) is 0 Å². The molecule has 4 nitrogen and oxygen atoms in total. The van der Waals surface area contributed by atoms with Crippen LogP contribution in [0.1, 0.15) is 55.3 Å². The van der Waals surface area contributed by atoms with Crippen molar-refractivity contribution in [2.45, 2.75) is 44.9 Å². The zero-order chi connectivity index (χ0) is 19.3. The molecule has 0 spiro atoms. The van der Waals surface area contributed by atoms with Crippen LogP contribution in [-0.2, 0) is 4.79 Å². The molecule has 146 valence electrons. The molecule has 2 amide bonds. The highest BCUT2D eigenvalue weighted by Gasteiger charge is 2.29. The number of hydrogen-bond acceptors (Lipinski definition) is 2. The summed E-state index contributed by atoms with van der Waals surface area (Å²) in [5.74, 6) is 0.715. The van der Waals surface area contributed by atoms with Gasteiger partial charge in [0.25, 0.3) is 5.91 Å². The standard InChI is InChI=1S/C24H28N2O2/c27-23(26-17-7-11-19-9-2-4-14-22(19)26)15-6-16-25-24(28)21-13-5-10-18-8-1-3-12-20(18)21/h1,3,5,8,10,12-14,19H,2,4,6-7,9,11,15-17H2,(H,25,28). The summed E-state index contributed by atoms with van der Waals surface area (Å²) in [4.78, 5) is 27.3. The van der Waals surface area contributed by atoms with Gasteiger partial charge < -0.3 is 10.2 Å². The Morgan fingerprint density at radius 1 is 1.04 bits per heavy atom. The first-order valence-corrected chi connectivity index (χ1v) is 10.5. The van der Waals surface area contributed by atoms with E-state index in [1.54, 1.807) is 0 Å². The van der Waals surface area contributed by atoms with Crippen molar-refractivity contribution in [1.29, 1.82) is 0 Å². The molecule has 1 aliphatic carbocycles. The van der Waals surface area contributed by atoms with Gasteiger partial charge in [0.05, 0.1) is 0 Å². The van der Waals surface area contributed by atoms with E-state index < -0.39 is 0 Å². The number of rotatable bonds is 5. The zero-order valence-electron chi connectivity index (χ0n) is 16.3. The molecule has 1 heterocycles. The Balaban J connectivity index is 1.30. The van der Waals surface area contributed by atoms with E-state index in [0.717, 1.165) is 30.2 Å². The summed E-state index contributed by atoms with van der Waals surface area (Å²) >= 11 is 0. The topological polar surface area (TPSA) is 49.4 Å². The molecule has 1 unspecified atom stereocenters. The SMILES string of the molecule is O=C(NCCCC(=O)N1CCCC2CCCC=C21)c1cccc2ccccc12. The van der Waals surface area contributed by atoms with Crippen LogP contribution >= 0.6 is 0 Å². The Kier molecular flexibility index (Phi) is 5.75. The van der Waals surface area contributed by atoms with Crippen molar-refractivity contribution in [3.05, 3.63) is 59.8 Å². The summed E-state index contributed by atoms with van der Waals surface area (Å²) in [6.45, 7) is 1.37. The van der Waals surface area contributed by atoms with Crippen molar-refractivity contribution in [2.75, 3.05) is 13.1 Å². The van der Waals surface area contributed by atoms with Crippen LogP contribution in [0.4, 0.5) is 0 Å². The fourth-order valence-electron chi connectivity index (χ4n) is 4.54.